The normalized spacial score (nSPS) is 25.6. The first-order valence-electron chi connectivity index (χ1n) is 7.27. The molecule has 2 aliphatic heterocycles. The van der Waals surface area contributed by atoms with Crippen molar-refractivity contribution >= 4 is 23.4 Å². The van der Waals surface area contributed by atoms with Crippen molar-refractivity contribution in [1.29, 1.82) is 0 Å². The van der Waals surface area contributed by atoms with Gasteiger partial charge in [0.05, 0.1) is 12.7 Å². The van der Waals surface area contributed by atoms with E-state index >= 15 is 0 Å². The number of hydrogen-bond donors (Lipinski definition) is 3. The van der Waals surface area contributed by atoms with Gasteiger partial charge in [0.25, 0.3) is 0 Å². The number of morpholine rings is 1. The van der Waals surface area contributed by atoms with Crippen LogP contribution in [0.3, 0.4) is 0 Å². The van der Waals surface area contributed by atoms with E-state index in [-0.39, 0.29) is 6.10 Å². The van der Waals surface area contributed by atoms with E-state index in [1.54, 1.807) is 6.07 Å². The minimum atomic E-state index is 0.210. The van der Waals surface area contributed by atoms with Crippen LogP contribution in [0.4, 0.5) is 11.6 Å². The highest BCUT2D eigenvalue weighted by atomic mass is 32.2. The first-order chi connectivity index (χ1) is 10.3. The van der Waals surface area contributed by atoms with Crippen molar-refractivity contribution < 1.29 is 4.74 Å². The summed E-state index contributed by atoms with van der Waals surface area (Å²) >= 11 is 1.49. The molecule has 0 bridgehead atoms. The SMILES string of the molecule is CSc1nc(NN)cc(NCC2CN3CCCC3CO2)n1. The van der Waals surface area contributed by atoms with Gasteiger partial charge >= 0.3 is 0 Å². The molecule has 4 N–H and O–H groups in total. The number of nitrogen functional groups attached to an aromatic ring is 1. The van der Waals surface area contributed by atoms with Crippen LogP contribution in [0.25, 0.3) is 0 Å². The lowest BCUT2D eigenvalue weighted by molar-refractivity contribution is -0.0416. The van der Waals surface area contributed by atoms with Gasteiger partial charge in [0.15, 0.2) is 5.16 Å². The quantitative estimate of drug-likeness (QED) is 0.318. The fourth-order valence-corrected chi connectivity index (χ4v) is 3.29. The van der Waals surface area contributed by atoms with Crippen LogP contribution in [0.5, 0.6) is 0 Å². The van der Waals surface area contributed by atoms with Gasteiger partial charge in [0.1, 0.15) is 11.6 Å². The smallest absolute Gasteiger partial charge is 0.191 e. The molecule has 2 aliphatic rings. The van der Waals surface area contributed by atoms with E-state index in [4.69, 9.17) is 10.6 Å². The Bertz CT molecular complexity index is 465. The van der Waals surface area contributed by atoms with Gasteiger partial charge in [-0.1, -0.05) is 11.8 Å². The highest BCUT2D eigenvalue weighted by Crippen LogP contribution is 2.23. The van der Waals surface area contributed by atoms with Crippen LogP contribution < -0.4 is 16.6 Å². The molecule has 2 atom stereocenters. The van der Waals surface area contributed by atoms with E-state index < -0.39 is 0 Å². The third-order valence-corrected chi connectivity index (χ3v) is 4.56. The van der Waals surface area contributed by atoms with Crippen LogP contribution in [0.15, 0.2) is 11.2 Å². The molecule has 8 heteroatoms. The summed E-state index contributed by atoms with van der Waals surface area (Å²) in [5.41, 5.74) is 2.57. The van der Waals surface area contributed by atoms with Gasteiger partial charge in [-0.3, -0.25) is 4.90 Å². The van der Waals surface area contributed by atoms with Gasteiger partial charge < -0.3 is 15.5 Å². The Balaban J connectivity index is 1.57. The summed E-state index contributed by atoms with van der Waals surface area (Å²) in [6.07, 6.45) is 4.72. The Hall–Kier alpha value is -1.09. The molecule has 0 amide bonds. The number of anilines is 2. The zero-order chi connectivity index (χ0) is 14.7. The zero-order valence-electron chi connectivity index (χ0n) is 12.2. The van der Waals surface area contributed by atoms with Crippen molar-refractivity contribution in [1.82, 2.24) is 14.9 Å². The fraction of sp³-hybridized carbons (Fsp3) is 0.692. The molecule has 21 heavy (non-hydrogen) atoms. The monoisotopic (exact) mass is 310 g/mol. The van der Waals surface area contributed by atoms with Crippen molar-refractivity contribution in [3.05, 3.63) is 6.07 Å². The molecular formula is C13H22N6OS. The molecule has 0 radical (unpaired) electrons. The minimum Gasteiger partial charge on any atom is -0.373 e. The molecular weight excluding hydrogens is 288 g/mol. The van der Waals surface area contributed by atoms with Gasteiger partial charge in [-0.05, 0) is 25.6 Å². The Morgan fingerprint density at radius 1 is 1.48 bits per heavy atom. The van der Waals surface area contributed by atoms with Crippen molar-refractivity contribution in [3.63, 3.8) is 0 Å². The molecule has 0 aliphatic carbocycles. The van der Waals surface area contributed by atoms with E-state index in [1.807, 2.05) is 6.26 Å². The molecule has 2 saturated heterocycles. The van der Waals surface area contributed by atoms with Gasteiger partial charge in [-0.15, -0.1) is 0 Å². The third-order valence-electron chi connectivity index (χ3n) is 4.01. The second-order valence-corrected chi connectivity index (χ2v) is 6.17. The highest BCUT2D eigenvalue weighted by Gasteiger charge is 2.31. The highest BCUT2D eigenvalue weighted by molar-refractivity contribution is 7.98. The Morgan fingerprint density at radius 3 is 3.14 bits per heavy atom. The van der Waals surface area contributed by atoms with Gasteiger partial charge in [0.2, 0.25) is 0 Å². The number of nitrogens with one attached hydrogen (secondary N) is 2. The third kappa shape index (κ3) is 3.57. The molecule has 1 aromatic heterocycles. The molecule has 116 valence electrons. The molecule has 2 unspecified atom stereocenters. The summed E-state index contributed by atoms with van der Waals surface area (Å²) in [6, 6.07) is 2.44. The average molecular weight is 310 g/mol. The van der Waals surface area contributed by atoms with Crippen molar-refractivity contribution in [3.8, 4) is 0 Å². The van der Waals surface area contributed by atoms with Crippen molar-refractivity contribution in [2.75, 3.05) is 43.2 Å². The molecule has 0 spiro atoms. The lowest BCUT2D eigenvalue weighted by atomic mass is 10.2. The molecule has 0 saturated carbocycles. The Kier molecular flexibility index (Phi) is 4.79. The number of nitrogens with two attached hydrogens (primary N) is 1. The van der Waals surface area contributed by atoms with E-state index in [9.17, 15) is 0 Å². The van der Waals surface area contributed by atoms with Crippen LogP contribution in [0.2, 0.25) is 0 Å². The molecule has 3 heterocycles. The summed E-state index contributed by atoms with van der Waals surface area (Å²) in [5.74, 6) is 6.82. The maximum absolute atomic E-state index is 5.93. The van der Waals surface area contributed by atoms with E-state index in [0.29, 0.717) is 17.0 Å². The fourth-order valence-electron chi connectivity index (χ4n) is 2.91. The van der Waals surface area contributed by atoms with E-state index in [0.717, 1.165) is 25.5 Å². The molecule has 7 nitrogen and oxygen atoms in total. The van der Waals surface area contributed by atoms with E-state index in [1.165, 1.54) is 31.1 Å². The van der Waals surface area contributed by atoms with Crippen LogP contribution in [-0.4, -0.2) is 59.5 Å². The number of thioether (sulfide) groups is 1. The molecule has 0 aromatic carbocycles. The first-order valence-corrected chi connectivity index (χ1v) is 8.50. The van der Waals surface area contributed by atoms with E-state index in [2.05, 4.69) is 25.6 Å². The topological polar surface area (TPSA) is 88.3 Å². The van der Waals surface area contributed by atoms with Crippen LogP contribution >= 0.6 is 11.8 Å². The van der Waals surface area contributed by atoms with Gasteiger partial charge in [-0.25, -0.2) is 15.8 Å². The van der Waals surface area contributed by atoms with Crippen LogP contribution in [-0.2, 0) is 4.74 Å². The largest absolute Gasteiger partial charge is 0.373 e. The number of nitrogens with zero attached hydrogens (tertiary/aromatic N) is 3. The van der Waals surface area contributed by atoms with Crippen LogP contribution in [0, 0.1) is 0 Å². The summed E-state index contributed by atoms with van der Waals surface area (Å²) in [7, 11) is 0. The second kappa shape index (κ2) is 6.78. The molecule has 2 fully saturated rings. The van der Waals surface area contributed by atoms with Crippen molar-refractivity contribution in [2.45, 2.75) is 30.1 Å². The Morgan fingerprint density at radius 2 is 2.33 bits per heavy atom. The first kappa shape index (κ1) is 14.8. The summed E-state index contributed by atoms with van der Waals surface area (Å²) in [6.45, 7) is 3.80. The number of hydrogen-bond acceptors (Lipinski definition) is 8. The van der Waals surface area contributed by atoms with Crippen LogP contribution in [0.1, 0.15) is 12.8 Å². The van der Waals surface area contributed by atoms with Gasteiger partial charge in [0, 0.05) is 25.2 Å². The standard InChI is InChI=1S/C13H22N6OS/c1-21-13-16-11(5-12(17-13)18-14)15-6-10-7-19-4-2-3-9(19)8-20-10/h5,9-10H,2-4,6-8,14H2,1H3,(H2,15,16,17,18). The number of hydrazine groups is 1. The Labute approximate surface area is 129 Å². The number of ether oxygens (including phenoxy) is 1. The lowest BCUT2D eigenvalue weighted by Crippen LogP contribution is -2.48. The predicted octanol–water partition coefficient (Wildman–Crippen LogP) is 0.759. The second-order valence-electron chi connectivity index (χ2n) is 5.40. The van der Waals surface area contributed by atoms with Gasteiger partial charge in [-0.2, -0.15) is 0 Å². The summed E-state index contributed by atoms with van der Waals surface area (Å²) in [5, 5.41) is 4.02. The molecule has 1 aromatic rings. The number of aromatic nitrogens is 2. The lowest BCUT2D eigenvalue weighted by Gasteiger charge is -2.35. The number of rotatable bonds is 5. The summed E-state index contributed by atoms with van der Waals surface area (Å²) in [4.78, 5) is 11.2. The molecule has 3 rings (SSSR count). The summed E-state index contributed by atoms with van der Waals surface area (Å²) < 4.78 is 5.93. The maximum Gasteiger partial charge on any atom is 0.191 e. The average Bonchev–Trinajstić information content (AvgIpc) is 3.00. The predicted molar refractivity (Wildman–Crippen MR) is 84.4 cm³/mol. The maximum atomic E-state index is 5.93. The number of fused-ring (bicyclic) bond motifs is 1. The zero-order valence-corrected chi connectivity index (χ0v) is 13.0. The van der Waals surface area contributed by atoms with Crippen molar-refractivity contribution in [2.24, 2.45) is 5.84 Å². The minimum absolute atomic E-state index is 0.210.